The Morgan fingerprint density at radius 1 is 1.26 bits per heavy atom. The van der Waals surface area contributed by atoms with Crippen LogP contribution in [0.2, 0.25) is 0 Å². The molecule has 7 heteroatoms. The van der Waals surface area contributed by atoms with Crippen molar-refractivity contribution in [2.45, 2.75) is 40.5 Å². The number of hydrogen-bond donors (Lipinski definition) is 1. The van der Waals surface area contributed by atoms with Gasteiger partial charge in [0.15, 0.2) is 0 Å². The van der Waals surface area contributed by atoms with Gasteiger partial charge in [-0.15, -0.1) is 22.7 Å². The molecule has 0 radical (unpaired) electrons. The van der Waals surface area contributed by atoms with Gasteiger partial charge in [-0.3, -0.25) is 4.79 Å². The largest absolute Gasteiger partial charge is 0.462 e. The second-order valence-electron chi connectivity index (χ2n) is 5.05. The smallest absolute Gasteiger partial charge is 0.341 e. The van der Waals surface area contributed by atoms with Crippen LogP contribution >= 0.6 is 22.7 Å². The number of carbonyl (C=O) groups excluding carboxylic acids is 2. The number of anilines is 1. The average Bonchev–Trinajstić information content (AvgIpc) is 3.02. The van der Waals surface area contributed by atoms with Crippen molar-refractivity contribution in [2.24, 2.45) is 0 Å². The van der Waals surface area contributed by atoms with Crippen LogP contribution in [-0.4, -0.2) is 23.5 Å². The second-order valence-corrected chi connectivity index (χ2v) is 7.39. The molecule has 0 aliphatic rings. The molecule has 5 nitrogen and oxygen atoms in total. The lowest BCUT2D eigenvalue weighted by molar-refractivity contribution is 0.0528. The summed E-state index contributed by atoms with van der Waals surface area (Å²) in [6.07, 6.45) is 1.86. The SMILES string of the molecule is CCCc1nc(C)c(C(=O)Nc2sc(C)cc2C(=O)OCC)s1. The molecule has 0 saturated carbocycles. The molecule has 2 rings (SSSR count). The zero-order valence-corrected chi connectivity index (χ0v) is 15.3. The zero-order valence-electron chi connectivity index (χ0n) is 13.7. The number of nitrogens with one attached hydrogen (secondary N) is 1. The van der Waals surface area contributed by atoms with E-state index in [1.807, 2.05) is 13.8 Å². The lowest BCUT2D eigenvalue weighted by Crippen LogP contribution is -2.14. The molecule has 0 unspecified atom stereocenters. The zero-order chi connectivity index (χ0) is 17.0. The van der Waals surface area contributed by atoms with Crippen LogP contribution in [0.5, 0.6) is 0 Å². The first kappa shape index (κ1) is 17.6. The number of carbonyl (C=O) groups is 2. The maximum absolute atomic E-state index is 12.5. The third-order valence-corrected chi connectivity index (χ3v) is 5.27. The molecular formula is C16H20N2O3S2. The minimum atomic E-state index is -0.417. The van der Waals surface area contributed by atoms with Gasteiger partial charge in [0, 0.05) is 4.88 Å². The van der Waals surface area contributed by atoms with Crippen LogP contribution in [0.3, 0.4) is 0 Å². The molecule has 124 valence electrons. The summed E-state index contributed by atoms with van der Waals surface area (Å²) >= 11 is 2.77. The number of aryl methyl sites for hydroxylation is 3. The third kappa shape index (κ3) is 4.17. The fourth-order valence-electron chi connectivity index (χ4n) is 2.11. The van der Waals surface area contributed by atoms with Gasteiger partial charge in [-0.25, -0.2) is 9.78 Å². The molecule has 1 N–H and O–H groups in total. The monoisotopic (exact) mass is 352 g/mol. The van der Waals surface area contributed by atoms with Crippen LogP contribution in [-0.2, 0) is 11.2 Å². The molecule has 0 fully saturated rings. The molecular weight excluding hydrogens is 332 g/mol. The maximum atomic E-state index is 12.5. The van der Waals surface area contributed by atoms with Gasteiger partial charge in [-0.05, 0) is 39.7 Å². The Balaban J connectivity index is 2.22. The molecule has 0 aliphatic heterocycles. The highest BCUT2D eigenvalue weighted by atomic mass is 32.1. The first-order valence-corrected chi connectivity index (χ1v) is 9.14. The molecule has 0 aromatic carbocycles. The summed E-state index contributed by atoms with van der Waals surface area (Å²) in [7, 11) is 0. The average molecular weight is 352 g/mol. The Kier molecular flexibility index (Phi) is 5.90. The quantitative estimate of drug-likeness (QED) is 0.791. The van der Waals surface area contributed by atoms with Gasteiger partial charge >= 0.3 is 5.97 Å². The predicted octanol–water partition coefficient (Wildman–Crippen LogP) is 4.20. The lowest BCUT2D eigenvalue weighted by Gasteiger charge is -2.05. The number of esters is 1. The summed E-state index contributed by atoms with van der Waals surface area (Å²) in [5.41, 5.74) is 1.13. The minimum Gasteiger partial charge on any atom is -0.462 e. The van der Waals surface area contributed by atoms with Crippen molar-refractivity contribution in [3.63, 3.8) is 0 Å². The Morgan fingerprint density at radius 2 is 2.00 bits per heavy atom. The molecule has 23 heavy (non-hydrogen) atoms. The van der Waals surface area contributed by atoms with Crippen LogP contribution in [0.4, 0.5) is 5.00 Å². The number of thiophene rings is 1. The molecule has 2 heterocycles. The Bertz CT molecular complexity index is 719. The maximum Gasteiger partial charge on any atom is 0.341 e. The van der Waals surface area contributed by atoms with Gasteiger partial charge in [-0.1, -0.05) is 6.92 Å². The molecule has 0 aliphatic carbocycles. The van der Waals surface area contributed by atoms with Gasteiger partial charge < -0.3 is 10.1 Å². The molecule has 0 atom stereocenters. The summed E-state index contributed by atoms with van der Waals surface area (Å²) in [6.45, 7) is 7.86. The Labute approximate surface area is 143 Å². The topological polar surface area (TPSA) is 68.3 Å². The first-order chi connectivity index (χ1) is 11.0. The standard InChI is InChI=1S/C16H20N2O3S2/c1-5-7-12-17-10(4)13(23-12)14(19)18-15-11(8-9(3)22-15)16(20)21-6-2/h8H,5-7H2,1-4H3,(H,18,19). The molecule has 0 spiro atoms. The van der Waals surface area contributed by atoms with Crippen molar-refractivity contribution in [3.05, 3.63) is 32.1 Å². The summed E-state index contributed by atoms with van der Waals surface area (Å²) in [4.78, 5) is 30.4. The number of thiazole rings is 1. The van der Waals surface area contributed by atoms with Gasteiger partial charge in [0.1, 0.15) is 9.88 Å². The van der Waals surface area contributed by atoms with E-state index >= 15 is 0 Å². The summed E-state index contributed by atoms with van der Waals surface area (Å²) < 4.78 is 5.04. The van der Waals surface area contributed by atoms with E-state index in [2.05, 4.69) is 17.2 Å². The van der Waals surface area contributed by atoms with Crippen LogP contribution in [0.1, 0.15) is 55.9 Å². The lowest BCUT2D eigenvalue weighted by atomic mass is 10.3. The van der Waals surface area contributed by atoms with Gasteiger partial charge in [0.2, 0.25) is 0 Å². The molecule has 0 bridgehead atoms. The van der Waals surface area contributed by atoms with Crippen LogP contribution in [0.25, 0.3) is 0 Å². The number of amides is 1. The van der Waals surface area contributed by atoms with Gasteiger partial charge in [0.05, 0.1) is 22.9 Å². The fraction of sp³-hybridized carbons (Fsp3) is 0.438. The van der Waals surface area contributed by atoms with Crippen LogP contribution in [0, 0.1) is 13.8 Å². The first-order valence-electron chi connectivity index (χ1n) is 7.51. The highest BCUT2D eigenvalue weighted by Crippen LogP contribution is 2.30. The molecule has 2 aromatic rings. The van der Waals surface area contributed by atoms with E-state index in [4.69, 9.17) is 4.74 Å². The summed E-state index contributed by atoms with van der Waals surface area (Å²) in [5.74, 6) is -0.644. The van der Waals surface area contributed by atoms with E-state index in [1.54, 1.807) is 13.0 Å². The number of aromatic nitrogens is 1. The highest BCUT2D eigenvalue weighted by Gasteiger charge is 2.21. The number of rotatable bonds is 6. The van der Waals surface area contributed by atoms with Crippen molar-refractivity contribution in [1.29, 1.82) is 0 Å². The predicted molar refractivity (Wildman–Crippen MR) is 93.8 cm³/mol. The van der Waals surface area contributed by atoms with Crippen molar-refractivity contribution in [2.75, 3.05) is 11.9 Å². The van der Waals surface area contributed by atoms with E-state index in [1.165, 1.54) is 22.7 Å². The van der Waals surface area contributed by atoms with Crippen molar-refractivity contribution in [3.8, 4) is 0 Å². The second kappa shape index (κ2) is 7.70. The van der Waals surface area contributed by atoms with Crippen LogP contribution in [0.15, 0.2) is 6.07 Å². The van der Waals surface area contributed by atoms with E-state index in [0.29, 0.717) is 22.0 Å². The van der Waals surface area contributed by atoms with E-state index < -0.39 is 5.97 Å². The van der Waals surface area contributed by atoms with Crippen molar-refractivity contribution < 1.29 is 14.3 Å². The van der Waals surface area contributed by atoms with E-state index in [9.17, 15) is 9.59 Å². The summed E-state index contributed by atoms with van der Waals surface area (Å²) in [6, 6.07) is 1.74. The fourth-order valence-corrected chi connectivity index (χ4v) is 4.07. The normalized spacial score (nSPS) is 10.6. The highest BCUT2D eigenvalue weighted by molar-refractivity contribution is 7.17. The van der Waals surface area contributed by atoms with Crippen molar-refractivity contribution in [1.82, 2.24) is 4.98 Å². The summed E-state index contributed by atoms with van der Waals surface area (Å²) in [5, 5.41) is 4.32. The minimum absolute atomic E-state index is 0.227. The Morgan fingerprint density at radius 3 is 2.65 bits per heavy atom. The van der Waals surface area contributed by atoms with Crippen LogP contribution < -0.4 is 5.32 Å². The van der Waals surface area contributed by atoms with Crippen molar-refractivity contribution >= 4 is 39.6 Å². The van der Waals surface area contributed by atoms with Gasteiger partial charge in [-0.2, -0.15) is 0 Å². The van der Waals surface area contributed by atoms with Gasteiger partial charge in [0.25, 0.3) is 5.91 Å². The molecule has 0 saturated heterocycles. The number of ether oxygens (including phenoxy) is 1. The molecule has 2 aromatic heterocycles. The number of hydrogen-bond acceptors (Lipinski definition) is 6. The van der Waals surface area contributed by atoms with E-state index in [-0.39, 0.29) is 5.91 Å². The third-order valence-electron chi connectivity index (χ3n) is 3.09. The number of nitrogens with zero attached hydrogens (tertiary/aromatic N) is 1. The van der Waals surface area contributed by atoms with E-state index in [0.717, 1.165) is 28.4 Å². The Hall–Kier alpha value is -1.73. The molecule has 1 amide bonds.